The first-order chi connectivity index (χ1) is 14.0. The Balaban J connectivity index is 1.87. The lowest BCUT2D eigenvalue weighted by atomic mass is 9.94. The maximum atomic E-state index is 14.8. The van der Waals surface area contributed by atoms with Gasteiger partial charge in [0.25, 0.3) is 10.0 Å². The molecular weight excluding hydrogens is 436 g/mol. The minimum Gasteiger partial charge on any atom is -0.377 e. The van der Waals surface area contributed by atoms with E-state index < -0.39 is 26.7 Å². The number of benzene rings is 1. The normalized spacial score (nSPS) is 21.9. The van der Waals surface area contributed by atoms with Crippen LogP contribution in [0, 0.1) is 11.8 Å². The SMILES string of the molecule is CO[C@]1(CN(C)C)CCC(c2cc(F)c(S(=O)(=O)Nc3cccc(F)n3)cc2Cl)C1. The molecule has 1 aromatic heterocycles. The van der Waals surface area contributed by atoms with Crippen LogP contribution < -0.4 is 4.72 Å². The smallest absolute Gasteiger partial charge is 0.266 e. The highest BCUT2D eigenvalue weighted by atomic mass is 35.5. The first-order valence-corrected chi connectivity index (χ1v) is 11.3. The number of likely N-dealkylation sites (N-methyl/N-ethyl adjacent to an activating group) is 1. The van der Waals surface area contributed by atoms with Gasteiger partial charge in [0.05, 0.1) is 5.60 Å². The molecule has 30 heavy (non-hydrogen) atoms. The maximum absolute atomic E-state index is 14.8. The number of halogens is 3. The molecule has 1 fully saturated rings. The molecule has 2 atom stereocenters. The molecule has 164 valence electrons. The van der Waals surface area contributed by atoms with Gasteiger partial charge in [-0.1, -0.05) is 17.7 Å². The molecule has 2 aromatic rings. The second-order valence-corrected chi connectivity index (χ2v) is 9.88. The van der Waals surface area contributed by atoms with E-state index in [-0.39, 0.29) is 22.4 Å². The van der Waals surface area contributed by atoms with Crippen molar-refractivity contribution in [2.45, 2.75) is 35.7 Å². The van der Waals surface area contributed by atoms with E-state index in [9.17, 15) is 17.2 Å². The molecule has 1 N–H and O–H groups in total. The standard InChI is InChI=1S/C20H24ClF2N3O3S/c1-26(2)12-20(29-3)8-7-13(11-20)14-9-16(22)17(10-15(14)21)30(27,28)25-19-6-4-5-18(23)24-19/h4-6,9-10,13H,7-8,11-12H2,1-3H3,(H,24,25)/t13?,20-/m1/s1. The number of nitrogens with zero attached hydrogens (tertiary/aromatic N) is 2. The number of hydrogen-bond donors (Lipinski definition) is 1. The summed E-state index contributed by atoms with van der Waals surface area (Å²) < 4.78 is 61.1. The Hall–Kier alpha value is -1.81. The summed E-state index contributed by atoms with van der Waals surface area (Å²) in [4.78, 5) is 4.85. The van der Waals surface area contributed by atoms with E-state index in [0.717, 1.165) is 31.5 Å². The van der Waals surface area contributed by atoms with Crippen LogP contribution in [0.15, 0.2) is 35.2 Å². The van der Waals surface area contributed by atoms with E-state index in [1.165, 1.54) is 18.2 Å². The lowest BCUT2D eigenvalue weighted by Crippen LogP contribution is -2.39. The van der Waals surface area contributed by atoms with Crippen molar-refractivity contribution in [3.05, 3.63) is 52.7 Å². The highest BCUT2D eigenvalue weighted by Gasteiger charge is 2.41. The number of pyridine rings is 1. The van der Waals surface area contributed by atoms with Gasteiger partial charge in [-0.2, -0.15) is 4.39 Å². The first-order valence-electron chi connectivity index (χ1n) is 9.39. The number of ether oxygens (including phenoxy) is 1. The fourth-order valence-corrected chi connectivity index (χ4v) is 5.52. The second-order valence-electron chi connectivity index (χ2n) is 7.82. The van der Waals surface area contributed by atoms with E-state index in [4.69, 9.17) is 16.3 Å². The van der Waals surface area contributed by atoms with E-state index in [1.807, 2.05) is 19.0 Å². The van der Waals surface area contributed by atoms with Gasteiger partial charge in [-0.25, -0.2) is 17.8 Å². The highest BCUT2D eigenvalue weighted by molar-refractivity contribution is 7.92. The fraction of sp³-hybridized carbons (Fsp3) is 0.450. The average Bonchev–Trinajstić information content (AvgIpc) is 3.06. The van der Waals surface area contributed by atoms with Crippen molar-refractivity contribution >= 4 is 27.4 Å². The van der Waals surface area contributed by atoms with Gasteiger partial charge in [-0.3, -0.25) is 4.72 Å². The summed E-state index contributed by atoms with van der Waals surface area (Å²) in [6, 6.07) is 5.89. The Morgan fingerprint density at radius 1 is 1.33 bits per heavy atom. The van der Waals surface area contributed by atoms with Crippen molar-refractivity contribution in [2.75, 3.05) is 32.5 Å². The lowest BCUT2D eigenvalue weighted by molar-refractivity contribution is -0.0234. The zero-order valence-electron chi connectivity index (χ0n) is 17.0. The summed E-state index contributed by atoms with van der Waals surface area (Å²) in [5.74, 6) is -2.09. The number of aromatic nitrogens is 1. The lowest BCUT2D eigenvalue weighted by Gasteiger charge is -2.31. The topological polar surface area (TPSA) is 71.5 Å². The molecule has 0 spiro atoms. The molecule has 1 heterocycles. The molecule has 3 rings (SSSR count). The molecule has 1 unspecified atom stereocenters. The first kappa shape index (κ1) is 22.9. The van der Waals surface area contributed by atoms with Crippen LogP contribution in [0.2, 0.25) is 5.02 Å². The molecule has 0 radical (unpaired) electrons. The van der Waals surface area contributed by atoms with Crippen LogP contribution in [-0.2, 0) is 14.8 Å². The quantitative estimate of drug-likeness (QED) is 0.633. The largest absolute Gasteiger partial charge is 0.377 e. The van der Waals surface area contributed by atoms with E-state index in [1.54, 1.807) is 7.11 Å². The van der Waals surface area contributed by atoms with Gasteiger partial charge in [0.15, 0.2) is 0 Å². The molecule has 0 saturated heterocycles. The summed E-state index contributed by atoms with van der Waals surface area (Å²) in [7, 11) is 1.24. The fourth-order valence-electron chi connectivity index (χ4n) is 4.05. The van der Waals surface area contributed by atoms with Crippen LogP contribution in [0.4, 0.5) is 14.6 Å². The summed E-state index contributed by atoms with van der Waals surface area (Å²) in [5.41, 5.74) is 0.193. The Bertz CT molecular complexity index is 1040. The van der Waals surface area contributed by atoms with Gasteiger partial charge in [-0.15, -0.1) is 0 Å². The maximum Gasteiger partial charge on any atom is 0.266 e. The van der Waals surface area contributed by atoms with Crippen molar-refractivity contribution in [2.24, 2.45) is 0 Å². The number of nitrogens with one attached hydrogen (secondary N) is 1. The minimum atomic E-state index is -4.34. The molecule has 0 aliphatic heterocycles. The minimum absolute atomic E-state index is 0.0542. The van der Waals surface area contributed by atoms with Gasteiger partial charge < -0.3 is 9.64 Å². The summed E-state index contributed by atoms with van der Waals surface area (Å²) in [6.45, 7) is 0.719. The molecule has 6 nitrogen and oxygen atoms in total. The number of anilines is 1. The number of hydrogen-bond acceptors (Lipinski definition) is 5. The van der Waals surface area contributed by atoms with E-state index in [0.29, 0.717) is 12.0 Å². The van der Waals surface area contributed by atoms with Crippen LogP contribution in [0.25, 0.3) is 0 Å². The van der Waals surface area contributed by atoms with Crippen molar-refractivity contribution in [3.8, 4) is 0 Å². The van der Waals surface area contributed by atoms with Crippen LogP contribution >= 0.6 is 11.6 Å². The molecule has 0 amide bonds. The number of methoxy groups -OCH3 is 1. The van der Waals surface area contributed by atoms with Gasteiger partial charge in [0.1, 0.15) is 16.5 Å². The van der Waals surface area contributed by atoms with Crippen molar-refractivity contribution in [1.29, 1.82) is 0 Å². The van der Waals surface area contributed by atoms with Gasteiger partial charge in [-0.05, 0) is 69.1 Å². The van der Waals surface area contributed by atoms with Crippen molar-refractivity contribution in [1.82, 2.24) is 9.88 Å². The molecule has 1 saturated carbocycles. The number of rotatable bonds is 7. The zero-order chi connectivity index (χ0) is 22.1. The predicted molar refractivity (Wildman–Crippen MR) is 111 cm³/mol. The summed E-state index contributed by atoms with van der Waals surface area (Å²) in [6.07, 6.45) is 2.19. The predicted octanol–water partition coefficient (Wildman–Crippen LogP) is 4.03. The third-order valence-corrected chi connectivity index (χ3v) is 7.04. The van der Waals surface area contributed by atoms with Crippen LogP contribution in [-0.4, -0.2) is 51.7 Å². The third-order valence-electron chi connectivity index (χ3n) is 5.34. The highest BCUT2D eigenvalue weighted by Crippen LogP contribution is 2.45. The summed E-state index contributed by atoms with van der Waals surface area (Å²) >= 11 is 6.37. The molecule has 1 aliphatic rings. The Morgan fingerprint density at radius 3 is 2.70 bits per heavy atom. The molecule has 1 aliphatic carbocycles. The van der Waals surface area contributed by atoms with Crippen molar-refractivity contribution in [3.63, 3.8) is 0 Å². The monoisotopic (exact) mass is 459 g/mol. The summed E-state index contributed by atoms with van der Waals surface area (Å²) in [5, 5.41) is 0.158. The third kappa shape index (κ3) is 4.91. The van der Waals surface area contributed by atoms with Crippen LogP contribution in [0.1, 0.15) is 30.7 Å². The molecular formula is C20H24ClF2N3O3S. The van der Waals surface area contributed by atoms with Gasteiger partial charge in [0, 0.05) is 18.7 Å². The Morgan fingerprint density at radius 2 is 2.07 bits per heavy atom. The second kappa shape index (κ2) is 8.74. The number of sulfonamides is 1. The van der Waals surface area contributed by atoms with Gasteiger partial charge in [0.2, 0.25) is 5.95 Å². The Kier molecular flexibility index (Phi) is 6.66. The molecule has 1 aromatic carbocycles. The van der Waals surface area contributed by atoms with E-state index >= 15 is 0 Å². The Labute approximate surface area is 180 Å². The molecule has 0 bridgehead atoms. The zero-order valence-corrected chi connectivity index (χ0v) is 18.5. The van der Waals surface area contributed by atoms with Crippen molar-refractivity contribution < 1.29 is 21.9 Å². The molecule has 10 heteroatoms. The van der Waals surface area contributed by atoms with E-state index in [2.05, 4.69) is 9.71 Å². The van der Waals surface area contributed by atoms with Gasteiger partial charge >= 0.3 is 0 Å². The van der Waals surface area contributed by atoms with Crippen LogP contribution in [0.3, 0.4) is 0 Å². The van der Waals surface area contributed by atoms with Crippen LogP contribution in [0.5, 0.6) is 0 Å². The average molecular weight is 460 g/mol.